The fraction of sp³-hybridized carbons (Fsp3) is 0.429. The average Bonchev–Trinajstić information content (AvgIpc) is 3.00. The number of carbonyl (C=O) groups excluding carboxylic acids is 2. The molecule has 0 radical (unpaired) electrons. The fourth-order valence-electron chi connectivity index (χ4n) is 5.82. The third-order valence-corrected chi connectivity index (χ3v) is 10.0. The minimum Gasteiger partial charge on any atom is -0.495 e. The maximum absolute atomic E-state index is 14.4. The van der Waals surface area contributed by atoms with Crippen molar-refractivity contribution in [1.82, 2.24) is 10.2 Å². The maximum Gasteiger partial charge on any atom is 0.264 e. The number of benzene rings is 3. The van der Waals surface area contributed by atoms with Gasteiger partial charge in [0.25, 0.3) is 10.0 Å². The topological polar surface area (TPSA) is 96.0 Å². The highest BCUT2D eigenvalue weighted by molar-refractivity contribution is 7.92. The highest BCUT2D eigenvalue weighted by atomic mass is 32.2. The first-order valence-electron chi connectivity index (χ1n) is 15.4. The van der Waals surface area contributed by atoms with E-state index in [0.717, 1.165) is 58.7 Å². The molecule has 3 aromatic rings. The van der Waals surface area contributed by atoms with Gasteiger partial charge in [-0.15, -0.1) is 0 Å². The molecule has 4 rings (SSSR count). The van der Waals surface area contributed by atoms with Gasteiger partial charge in [0, 0.05) is 12.6 Å². The average molecular weight is 620 g/mol. The first kappa shape index (κ1) is 33.1. The number of amides is 2. The number of anilines is 1. The Kier molecular flexibility index (Phi) is 11.1. The standard InChI is InChI=1S/C35H45N3O5S/c1-6-31(35(40)36-29-13-8-7-9-14-29)37(23-28-12-10-11-26(3)21-28)34(39)24-38(32-22-27(4)17-20-33(32)43-5)44(41,42)30-18-15-25(2)16-19-30/h10-12,15-22,29,31H,6-9,13-14,23-24H2,1-5H3,(H,36,40). The van der Waals surface area contributed by atoms with E-state index in [-0.39, 0.29) is 29.1 Å². The van der Waals surface area contributed by atoms with Gasteiger partial charge in [0.05, 0.1) is 17.7 Å². The number of hydrogen-bond acceptors (Lipinski definition) is 5. The quantitative estimate of drug-likeness (QED) is 0.266. The largest absolute Gasteiger partial charge is 0.495 e. The number of sulfonamides is 1. The van der Waals surface area contributed by atoms with Crippen LogP contribution in [-0.2, 0) is 26.2 Å². The molecule has 1 unspecified atom stereocenters. The number of nitrogens with one attached hydrogen (secondary N) is 1. The van der Waals surface area contributed by atoms with Crippen LogP contribution >= 0.6 is 0 Å². The first-order chi connectivity index (χ1) is 21.0. The number of rotatable bonds is 12. The Balaban J connectivity index is 1.76. The maximum atomic E-state index is 14.4. The summed E-state index contributed by atoms with van der Waals surface area (Å²) in [4.78, 5) is 29.8. The van der Waals surface area contributed by atoms with E-state index < -0.39 is 28.5 Å². The van der Waals surface area contributed by atoms with Crippen molar-refractivity contribution in [3.8, 4) is 5.75 Å². The van der Waals surface area contributed by atoms with E-state index in [2.05, 4.69) is 5.32 Å². The zero-order chi connectivity index (χ0) is 31.9. The molecule has 1 fully saturated rings. The minimum absolute atomic E-state index is 0.0618. The molecule has 1 atom stereocenters. The van der Waals surface area contributed by atoms with Crippen LogP contribution in [0.1, 0.15) is 67.7 Å². The molecule has 1 aliphatic rings. The van der Waals surface area contributed by atoms with E-state index in [1.165, 1.54) is 12.0 Å². The van der Waals surface area contributed by atoms with E-state index in [1.54, 1.807) is 36.4 Å². The molecule has 1 N–H and O–H groups in total. The summed E-state index contributed by atoms with van der Waals surface area (Å²) < 4.78 is 35.2. The van der Waals surface area contributed by atoms with Crippen LogP contribution < -0.4 is 14.4 Å². The van der Waals surface area contributed by atoms with E-state index >= 15 is 0 Å². The lowest BCUT2D eigenvalue weighted by Gasteiger charge is -2.34. The minimum atomic E-state index is -4.20. The predicted molar refractivity (Wildman–Crippen MR) is 174 cm³/mol. The number of methoxy groups -OCH3 is 1. The Bertz CT molecular complexity index is 1550. The molecule has 0 aliphatic heterocycles. The van der Waals surface area contributed by atoms with Gasteiger partial charge in [-0.3, -0.25) is 13.9 Å². The van der Waals surface area contributed by atoms with Crippen LogP contribution in [0.25, 0.3) is 0 Å². The summed E-state index contributed by atoms with van der Waals surface area (Å²) in [7, 11) is -2.73. The van der Waals surface area contributed by atoms with Gasteiger partial charge < -0.3 is 15.0 Å². The summed E-state index contributed by atoms with van der Waals surface area (Å²) in [5, 5.41) is 3.19. The van der Waals surface area contributed by atoms with Crippen molar-refractivity contribution in [2.75, 3.05) is 18.0 Å². The summed E-state index contributed by atoms with van der Waals surface area (Å²) in [5.41, 5.74) is 3.88. The zero-order valence-electron chi connectivity index (χ0n) is 26.5. The van der Waals surface area contributed by atoms with Crippen LogP contribution in [0, 0.1) is 20.8 Å². The van der Waals surface area contributed by atoms with Crippen molar-refractivity contribution < 1.29 is 22.7 Å². The van der Waals surface area contributed by atoms with Gasteiger partial charge in [-0.1, -0.05) is 79.8 Å². The zero-order valence-corrected chi connectivity index (χ0v) is 27.3. The number of carbonyl (C=O) groups is 2. The van der Waals surface area contributed by atoms with E-state index in [4.69, 9.17) is 4.74 Å². The highest BCUT2D eigenvalue weighted by Crippen LogP contribution is 2.34. The molecule has 3 aromatic carbocycles. The first-order valence-corrected chi connectivity index (χ1v) is 16.9. The smallest absolute Gasteiger partial charge is 0.264 e. The van der Waals surface area contributed by atoms with Gasteiger partial charge in [-0.25, -0.2) is 8.42 Å². The Morgan fingerprint density at radius 3 is 2.20 bits per heavy atom. The Hall–Kier alpha value is -3.85. The van der Waals surface area contributed by atoms with Crippen LogP contribution in [0.15, 0.2) is 71.6 Å². The van der Waals surface area contributed by atoms with E-state index in [1.807, 2.05) is 58.0 Å². The molecule has 0 aromatic heterocycles. The van der Waals surface area contributed by atoms with Crippen LogP contribution in [0.5, 0.6) is 5.75 Å². The molecule has 44 heavy (non-hydrogen) atoms. The summed E-state index contributed by atoms with van der Waals surface area (Å²) in [6.07, 6.45) is 5.52. The molecular formula is C35H45N3O5S. The van der Waals surface area contributed by atoms with E-state index in [9.17, 15) is 18.0 Å². The molecule has 1 saturated carbocycles. The van der Waals surface area contributed by atoms with Gasteiger partial charge in [-0.05, 0) is 75.4 Å². The van der Waals surface area contributed by atoms with Gasteiger partial charge in [0.15, 0.2) is 0 Å². The highest BCUT2D eigenvalue weighted by Gasteiger charge is 2.35. The van der Waals surface area contributed by atoms with Gasteiger partial charge >= 0.3 is 0 Å². The van der Waals surface area contributed by atoms with Crippen molar-refractivity contribution in [1.29, 1.82) is 0 Å². The van der Waals surface area contributed by atoms with E-state index in [0.29, 0.717) is 12.2 Å². The summed E-state index contributed by atoms with van der Waals surface area (Å²) in [6, 6.07) is 18.9. The van der Waals surface area contributed by atoms with Crippen molar-refractivity contribution in [3.63, 3.8) is 0 Å². The van der Waals surface area contributed by atoms with Gasteiger partial charge in [0.2, 0.25) is 11.8 Å². The lowest BCUT2D eigenvalue weighted by molar-refractivity contribution is -0.140. The van der Waals surface area contributed by atoms with Crippen LogP contribution in [0.2, 0.25) is 0 Å². The SMILES string of the molecule is CCC(C(=O)NC1CCCCC1)N(Cc1cccc(C)c1)C(=O)CN(c1cc(C)ccc1OC)S(=O)(=O)c1ccc(C)cc1. The molecule has 236 valence electrons. The predicted octanol–water partition coefficient (Wildman–Crippen LogP) is 6.07. The molecule has 0 bridgehead atoms. The normalized spacial score (nSPS) is 14.5. The molecular weight excluding hydrogens is 574 g/mol. The second kappa shape index (κ2) is 14.8. The van der Waals surface area contributed by atoms with Crippen LogP contribution in [-0.4, -0.2) is 50.9 Å². The summed E-state index contributed by atoms with van der Waals surface area (Å²) in [6.45, 7) is 7.26. The van der Waals surface area contributed by atoms with Crippen molar-refractivity contribution in [3.05, 3.63) is 89.0 Å². The summed E-state index contributed by atoms with van der Waals surface area (Å²) >= 11 is 0. The second-order valence-corrected chi connectivity index (χ2v) is 13.6. The molecule has 0 spiro atoms. The lowest BCUT2D eigenvalue weighted by Crippen LogP contribution is -2.54. The molecule has 0 heterocycles. The second-order valence-electron chi connectivity index (χ2n) is 11.8. The van der Waals surface area contributed by atoms with Gasteiger partial charge in [0.1, 0.15) is 18.3 Å². The molecule has 0 saturated heterocycles. The third-order valence-electron chi connectivity index (χ3n) is 8.26. The third kappa shape index (κ3) is 8.00. The molecule has 8 nitrogen and oxygen atoms in total. The fourth-order valence-corrected chi connectivity index (χ4v) is 7.23. The Morgan fingerprint density at radius 1 is 0.909 bits per heavy atom. The van der Waals surface area contributed by atoms with Crippen molar-refractivity contribution in [2.45, 2.75) is 89.7 Å². The monoisotopic (exact) mass is 619 g/mol. The Labute approximate surface area is 262 Å². The van der Waals surface area contributed by atoms with Crippen LogP contribution in [0.4, 0.5) is 5.69 Å². The van der Waals surface area contributed by atoms with Crippen molar-refractivity contribution in [2.24, 2.45) is 0 Å². The Morgan fingerprint density at radius 2 is 1.57 bits per heavy atom. The molecule has 9 heteroatoms. The van der Waals surface area contributed by atoms with Crippen molar-refractivity contribution >= 4 is 27.5 Å². The molecule has 2 amide bonds. The lowest BCUT2D eigenvalue weighted by atomic mass is 9.95. The number of hydrogen-bond donors (Lipinski definition) is 1. The summed E-state index contributed by atoms with van der Waals surface area (Å²) in [5.74, 6) is -0.357. The number of nitrogens with zero attached hydrogens (tertiary/aromatic N) is 2. The van der Waals surface area contributed by atoms with Crippen LogP contribution in [0.3, 0.4) is 0 Å². The number of ether oxygens (including phenoxy) is 1. The van der Waals surface area contributed by atoms with Gasteiger partial charge in [-0.2, -0.15) is 0 Å². The molecule has 1 aliphatic carbocycles. The number of aryl methyl sites for hydroxylation is 3.